The topological polar surface area (TPSA) is 97.5 Å². The Morgan fingerprint density at radius 1 is 1.65 bits per heavy atom. The summed E-state index contributed by atoms with van der Waals surface area (Å²) < 4.78 is 19.6. The Morgan fingerprint density at radius 2 is 2.39 bits per heavy atom. The van der Waals surface area contributed by atoms with Crippen molar-refractivity contribution in [3.05, 3.63) is 23.5 Å². The van der Waals surface area contributed by atoms with E-state index in [4.69, 9.17) is 10.5 Å². The molecule has 0 bridgehead atoms. The fraction of sp³-hybridized carbons (Fsp3) is 0.625. The Labute approximate surface area is 135 Å². The van der Waals surface area contributed by atoms with Crippen LogP contribution < -0.4 is 11.1 Å². The largest absolute Gasteiger partial charge is 0.387 e. The van der Waals surface area contributed by atoms with Gasteiger partial charge in [-0.1, -0.05) is 0 Å². The third kappa shape index (κ3) is 4.62. The van der Waals surface area contributed by atoms with Gasteiger partial charge >= 0.3 is 0 Å². The summed E-state index contributed by atoms with van der Waals surface area (Å²) >= 11 is 0. The second kappa shape index (κ2) is 7.23. The van der Waals surface area contributed by atoms with Crippen LogP contribution in [0.3, 0.4) is 0 Å². The van der Waals surface area contributed by atoms with Crippen molar-refractivity contribution in [1.82, 2.24) is 4.98 Å². The number of primary amides is 1. The lowest BCUT2D eigenvalue weighted by atomic mass is 9.96. The van der Waals surface area contributed by atoms with E-state index in [0.717, 1.165) is 19.4 Å². The monoisotopic (exact) mass is 325 g/mol. The number of carbonyl (C=O) groups is 1. The van der Waals surface area contributed by atoms with Crippen molar-refractivity contribution in [2.75, 3.05) is 18.5 Å². The number of nitrogens with one attached hydrogen (secondary N) is 1. The van der Waals surface area contributed by atoms with Gasteiger partial charge in [0.25, 0.3) is 5.91 Å². The maximum Gasteiger partial charge on any atom is 0.252 e. The number of ether oxygens (including phenoxy) is 1. The molecule has 23 heavy (non-hydrogen) atoms. The van der Waals surface area contributed by atoms with Gasteiger partial charge in [-0.25, -0.2) is 4.39 Å². The van der Waals surface area contributed by atoms with Crippen LogP contribution >= 0.6 is 0 Å². The van der Waals surface area contributed by atoms with Gasteiger partial charge in [0.1, 0.15) is 6.17 Å². The average Bonchev–Trinajstić information content (AvgIpc) is 2.47. The maximum absolute atomic E-state index is 14.1. The number of nitrogens with zero attached hydrogens (tertiary/aromatic N) is 1. The van der Waals surface area contributed by atoms with E-state index >= 15 is 0 Å². The van der Waals surface area contributed by atoms with E-state index in [2.05, 4.69) is 10.3 Å². The number of anilines is 1. The van der Waals surface area contributed by atoms with Crippen molar-refractivity contribution in [2.24, 2.45) is 5.73 Å². The van der Waals surface area contributed by atoms with Crippen LogP contribution in [-0.2, 0) is 11.2 Å². The molecular formula is C16H24FN3O3. The molecule has 1 saturated heterocycles. The molecule has 0 saturated carbocycles. The van der Waals surface area contributed by atoms with E-state index in [9.17, 15) is 14.3 Å². The summed E-state index contributed by atoms with van der Waals surface area (Å²) in [6.45, 7) is 4.04. The summed E-state index contributed by atoms with van der Waals surface area (Å²) in [4.78, 5) is 15.9. The predicted molar refractivity (Wildman–Crippen MR) is 85.1 cm³/mol. The highest BCUT2D eigenvalue weighted by Gasteiger charge is 2.29. The fourth-order valence-electron chi connectivity index (χ4n) is 2.55. The van der Waals surface area contributed by atoms with Gasteiger partial charge in [-0.05, 0) is 32.8 Å². The number of amides is 1. The lowest BCUT2D eigenvalue weighted by Crippen LogP contribution is -2.35. The number of pyridine rings is 1. The third-order valence-corrected chi connectivity index (χ3v) is 3.93. The van der Waals surface area contributed by atoms with E-state index in [0.29, 0.717) is 12.3 Å². The molecule has 1 aliphatic rings. The maximum atomic E-state index is 14.1. The van der Waals surface area contributed by atoms with Crippen LogP contribution in [0.2, 0.25) is 0 Å². The molecule has 0 aliphatic carbocycles. The van der Waals surface area contributed by atoms with Gasteiger partial charge in [-0.3, -0.25) is 9.78 Å². The van der Waals surface area contributed by atoms with Gasteiger partial charge in [0.15, 0.2) is 0 Å². The molecule has 0 radical (unpaired) electrons. The molecule has 1 aromatic rings. The number of hydrogen-bond donors (Lipinski definition) is 3. The Kier molecular flexibility index (Phi) is 5.54. The molecule has 0 aromatic carbocycles. The highest BCUT2D eigenvalue weighted by molar-refractivity contribution is 5.99. The molecule has 1 fully saturated rings. The van der Waals surface area contributed by atoms with Crippen LogP contribution in [0.1, 0.15) is 42.7 Å². The highest BCUT2D eigenvalue weighted by Crippen LogP contribution is 2.24. The highest BCUT2D eigenvalue weighted by atomic mass is 19.1. The van der Waals surface area contributed by atoms with Crippen molar-refractivity contribution in [3.63, 3.8) is 0 Å². The molecule has 2 rings (SSSR count). The first-order valence-electron chi connectivity index (χ1n) is 7.77. The van der Waals surface area contributed by atoms with Crippen molar-refractivity contribution >= 4 is 11.6 Å². The number of aromatic nitrogens is 1. The fourth-order valence-corrected chi connectivity index (χ4v) is 2.55. The minimum atomic E-state index is -1.55. The molecule has 1 aliphatic heterocycles. The SMILES string of the molecule is CC(C)(O)[C@@H](F)Cc1nccc(NC2CCCOC2)c1C(N)=O. The molecular weight excluding hydrogens is 301 g/mol. The molecule has 128 valence electrons. The molecule has 1 unspecified atom stereocenters. The summed E-state index contributed by atoms with van der Waals surface area (Å²) in [5, 5.41) is 13.0. The number of halogens is 1. The zero-order valence-electron chi connectivity index (χ0n) is 13.5. The summed E-state index contributed by atoms with van der Waals surface area (Å²) in [6, 6.07) is 1.72. The molecule has 1 aromatic heterocycles. The Bertz CT molecular complexity index is 554. The molecule has 2 atom stereocenters. The Hall–Kier alpha value is -1.73. The first-order chi connectivity index (χ1) is 10.8. The van der Waals surface area contributed by atoms with Crippen LogP contribution in [0.15, 0.2) is 12.3 Å². The lowest BCUT2D eigenvalue weighted by Gasteiger charge is -2.26. The number of rotatable bonds is 6. The third-order valence-electron chi connectivity index (χ3n) is 3.93. The quantitative estimate of drug-likeness (QED) is 0.735. The van der Waals surface area contributed by atoms with Crippen molar-refractivity contribution in [2.45, 2.75) is 50.9 Å². The van der Waals surface area contributed by atoms with Crippen LogP contribution in [0.25, 0.3) is 0 Å². The summed E-state index contributed by atoms with van der Waals surface area (Å²) in [5.41, 5.74) is 4.90. The molecule has 7 heteroatoms. The van der Waals surface area contributed by atoms with E-state index in [1.54, 1.807) is 6.07 Å². The van der Waals surface area contributed by atoms with E-state index in [1.807, 2.05) is 0 Å². The van der Waals surface area contributed by atoms with Crippen LogP contribution in [0, 0.1) is 0 Å². The number of alkyl halides is 1. The lowest BCUT2D eigenvalue weighted by molar-refractivity contribution is -0.00307. The van der Waals surface area contributed by atoms with E-state index in [-0.39, 0.29) is 23.7 Å². The number of carbonyl (C=O) groups excluding carboxylic acids is 1. The van der Waals surface area contributed by atoms with Gasteiger partial charge in [-0.15, -0.1) is 0 Å². The number of nitrogens with two attached hydrogens (primary N) is 1. The normalized spacial score (nSPS) is 20.1. The summed E-state index contributed by atoms with van der Waals surface area (Å²) in [7, 11) is 0. The van der Waals surface area contributed by atoms with Gasteiger partial charge in [0.2, 0.25) is 0 Å². The second-order valence-corrected chi connectivity index (χ2v) is 6.43. The zero-order valence-corrected chi connectivity index (χ0v) is 13.5. The van der Waals surface area contributed by atoms with Crippen LogP contribution in [-0.4, -0.2) is 47.0 Å². The zero-order chi connectivity index (χ0) is 17.0. The smallest absolute Gasteiger partial charge is 0.252 e. The molecule has 1 amide bonds. The van der Waals surface area contributed by atoms with Crippen molar-refractivity contribution in [1.29, 1.82) is 0 Å². The summed E-state index contributed by atoms with van der Waals surface area (Å²) in [6.07, 6.45) is 1.63. The number of hydrogen-bond acceptors (Lipinski definition) is 5. The summed E-state index contributed by atoms with van der Waals surface area (Å²) in [5.74, 6) is -0.671. The first kappa shape index (κ1) is 17.6. The predicted octanol–water partition coefficient (Wildman–Crippen LogP) is 1.42. The van der Waals surface area contributed by atoms with Gasteiger partial charge in [0.05, 0.1) is 29.2 Å². The second-order valence-electron chi connectivity index (χ2n) is 6.43. The van der Waals surface area contributed by atoms with Gasteiger partial charge in [0, 0.05) is 25.3 Å². The van der Waals surface area contributed by atoms with Gasteiger partial charge < -0.3 is 20.9 Å². The van der Waals surface area contributed by atoms with Crippen LogP contribution in [0.5, 0.6) is 0 Å². The Balaban J connectivity index is 2.25. The van der Waals surface area contributed by atoms with Gasteiger partial charge in [-0.2, -0.15) is 0 Å². The van der Waals surface area contributed by atoms with Crippen LogP contribution in [0.4, 0.5) is 10.1 Å². The number of aliphatic hydroxyl groups is 1. The van der Waals surface area contributed by atoms with Crippen molar-refractivity contribution < 1.29 is 19.0 Å². The molecule has 6 nitrogen and oxygen atoms in total. The average molecular weight is 325 g/mol. The minimum absolute atomic E-state index is 0.0764. The minimum Gasteiger partial charge on any atom is -0.387 e. The van der Waals surface area contributed by atoms with E-state index in [1.165, 1.54) is 20.0 Å². The first-order valence-corrected chi connectivity index (χ1v) is 7.77. The molecule has 4 N–H and O–H groups in total. The molecule has 0 spiro atoms. The Morgan fingerprint density at radius 3 is 2.96 bits per heavy atom. The standard InChI is InChI=1S/C16H24FN3O3/c1-16(2,22)13(17)8-12-14(15(18)21)11(5-6-19-12)20-10-4-3-7-23-9-10/h5-6,10,13,22H,3-4,7-9H2,1-2H3,(H2,18,21)(H,19,20)/t10?,13-/m0/s1. The molecule has 2 heterocycles. The van der Waals surface area contributed by atoms with E-state index < -0.39 is 17.7 Å². The van der Waals surface area contributed by atoms with Crippen molar-refractivity contribution in [3.8, 4) is 0 Å².